The minimum absolute atomic E-state index is 0.216. The SMILES string of the molecule is N#Cc1ccc(NC2CCCC(C(=O)O)C2)cc1. The Hall–Kier alpha value is -2.02. The van der Waals surface area contributed by atoms with Crippen LogP contribution in [0.2, 0.25) is 0 Å². The highest BCUT2D eigenvalue weighted by atomic mass is 16.4. The molecule has 0 amide bonds. The molecule has 0 saturated heterocycles. The summed E-state index contributed by atoms with van der Waals surface area (Å²) in [5.74, 6) is -0.920. The number of nitrogens with zero attached hydrogens (tertiary/aromatic N) is 1. The number of hydrogen-bond acceptors (Lipinski definition) is 3. The lowest BCUT2D eigenvalue weighted by Gasteiger charge is -2.28. The fourth-order valence-corrected chi connectivity index (χ4v) is 2.42. The zero-order valence-electron chi connectivity index (χ0n) is 10.1. The molecule has 0 heterocycles. The van der Waals surface area contributed by atoms with E-state index in [4.69, 9.17) is 10.4 Å². The van der Waals surface area contributed by atoms with Crippen molar-refractivity contribution in [2.45, 2.75) is 31.7 Å². The first-order chi connectivity index (χ1) is 8.69. The van der Waals surface area contributed by atoms with Crippen LogP contribution in [0, 0.1) is 17.2 Å². The van der Waals surface area contributed by atoms with Gasteiger partial charge in [0.05, 0.1) is 17.6 Å². The van der Waals surface area contributed by atoms with Gasteiger partial charge in [0.2, 0.25) is 0 Å². The molecule has 0 aromatic heterocycles. The number of anilines is 1. The zero-order valence-corrected chi connectivity index (χ0v) is 10.1. The quantitative estimate of drug-likeness (QED) is 0.857. The molecule has 2 atom stereocenters. The van der Waals surface area contributed by atoms with Gasteiger partial charge in [0.15, 0.2) is 0 Å². The Morgan fingerprint density at radius 2 is 2.06 bits per heavy atom. The summed E-state index contributed by atoms with van der Waals surface area (Å²) in [6.07, 6.45) is 3.41. The van der Waals surface area contributed by atoms with Crippen molar-refractivity contribution in [3.05, 3.63) is 29.8 Å². The Balaban J connectivity index is 1.96. The average Bonchev–Trinajstić information content (AvgIpc) is 2.40. The van der Waals surface area contributed by atoms with E-state index in [0.29, 0.717) is 12.0 Å². The van der Waals surface area contributed by atoms with Gasteiger partial charge in [-0.05, 0) is 43.5 Å². The van der Waals surface area contributed by atoms with Gasteiger partial charge in [-0.15, -0.1) is 0 Å². The van der Waals surface area contributed by atoms with Crippen molar-refractivity contribution in [1.29, 1.82) is 5.26 Å². The number of carbonyl (C=O) groups is 1. The van der Waals surface area contributed by atoms with Gasteiger partial charge in [-0.1, -0.05) is 6.42 Å². The maximum Gasteiger partial charge on any atom is 0.306 e. The largest absolute Gasteiger partial charge is 0.481 e. The van der Waals surface area contributed by atoms with Crippen molar-refractivity contribution in [2.75, 3.05) is 5.32 Å². The van der Waals surface area contributed by atoms with Crippen LogP contribution in [-0.2, 0) is 4.79 Å². The van der Waals surface area contributed by atoms with Crippen molar-refractivity contribution >= 4 is 11.7 Å². The number of rotatable bonds is 3. The number of carboxylic acid groups (broad SMARTS) is 1. The summed E-state index contributed by atoms with van der Waals surface area (Å²) in [6, 6.07) is 9.55. The number of carboxylic acids is 1. The van der Waals surface area contributed by atoms with Crippen LogP contribution in [0.15, 0.2) is 24.3 Å². The smallest absolute Gasteiger partial charge is 0.306 e. The van der Waals surface area contributed by atoms with Gasteiger partial charge in [0.1, 0.15) is 0 Å². The van der Waals surface area contributed by atoms with E-state index in [-0.39, 0.29) is 12.0 Å². The van der Waals surface area contributed by atoms with Gasteiger partial charge in [-0.2, -0.15) is 5.26 Å². The van der Waals surface area contributed by atoms with Crippen LogP contribution in [-0.4, -0.2) is 17.1 Å². The number of aliphatic carboxylic acids is 1. The molecule has 4 heteroatoms. The molecular formula is C14H16N2O2. The normalized spacial score (nSPS) is 23.1. The summed E-state index contributed by atoms with van der Waals surface area (Å²) < 4.78 is 0. The zero-order chi connectivity index (χ0) is 13.0. The predicted octanol–water partition coefficient (Wildman–Crippen LogP) is 2.61. The second-order valence-electron chi connectivity index (χ2n) is 4.73. The molecule has 94 valence electrons. The van der Waals surface area contributed by atoms with Crippen LogP contribution in [0.3, 0.4) is 0 Å². The summed E-state index contributed by atoms with van der Waals surface area (Å²) in [5.41, 5.74) is 1.58. The first-order valence-corrected chi connectivity index (χ1v) is 6.18. The molecule has 1 aliphatic carbocycles. The van der Waals surface area contributed by atoms with E-state index >= 15 is 0 Å². The number of nitrogens with one attached hydrogen (secondary N) is 1. The van der Waals surface area contributed by atoms with Crippen LogP contribution < -0.4 is 5.32 Å². The summed E-state index contributed by atoms with van der Waals surface area (Å²) in [7, 11) is 0. The maximum absolute atomic E-state index is 11.0. The van der Waals surface area contributed by atoms with Gasteiger partial charge in [0.25, 0.3) is 0 Å². The lowest BCUT2D eigenvalue weighted by Crippen LogP contribution is -2.30. The van der Waals surface area contributed by atoms with E-state index in [2.05, 4.69) is 11.4 Å². The number of nitriles is 1. The van der Waals surface area contributed by atoms with Crippen LogP contribution in [0.25, 0.3) is 0 Å². The Morgan fingerprint density at radius 1 is 1.33 bits per heavy atom. The highest BCUT2D eigenvalue weighted by Crippen LogP contribution is 2.26. The first kappa shape index (κ1) is 12.4. The molecule has 0 bridgehead atoms. The Morgan fingerprint density at radius 3 is 2.67 bits per heavy atom. The van der Waals surface area contributed by atoms with Gasteiger partial charge >= 0.3 is 5.97 Å². The van der Waals surface area contributed by atoms with Gasteiger partial charge in [-0.3, -0.25) is 4.79 Å². The van der Waals surface area contributed by atoms with Crippen LogP contribution in [0.1, 0.15) is 31.2 Å². The first-order valence-electron chi connectivity index (χ1n) is 6.18. The standard InChI is InChI=1S/C14H16N2O2/c15-9-10-4-6-12(7-5-10)16-13-3-1-2-11(8-13)14(17)18/h4-7,11,13,16H,1-3,8H2,(H,17,18). The highest BCUT2D eigenvalue weighted by Gasteiger charge is 2.26. The van der Waals surface area contributed by atoms with Crippen molar-refractivity contribution < 1.29 is 9.90 Å². The maximum atomic E-state index is 11.0. The van der Waals surface area contributed by atoms with Crippen molar-refractivity contribution in [2.24, 2.45) is 5.92 Å². The minimum Gasteiger partial charge on any atom is -0.481 e. The van der Waals surface area contributed by atoms with E-state index in [1.807, 2.05) is 12.1 Å². The molecule has 2 unspecified atom stereocenters. The lowest BCUT2D eigenvalue weighted by atomic mass is 9.85. The van der Waals surface area contributed by atoms with Crippen LogP contribution in [0.4, 0.5) is 5.69 Å². The molecule has 2 rings (SSSR count). The van der Waals surface area contributed by atoms with Crippen LogP contribution >= 0.6 is 0 Å². The van der Waals surface area contributed by atoms with Crippen LogP contribution in [0.5, 0.6) is 0 Å². The summed E-state index contributed by atoms with van der Waals surface area (Å²) >= 11 is 0. The van der Waals surface area contributed by atoms with Gasteiger partial charge in [0, 0.05) is 11.7 Å². The third kappa shape index (κ3) is 3.01. The molecule has 18 heavy (non-hydrogen) atoms. The molecule has 0 radical (unpaired) electrons. The molecule has 1 aromatic carbocycles. The Kier molecular flexibility index (Phi) is 3.83. The molecule has 1 aliphatic rings. The molecule has 0 aliphatic heterocycles. The molecule has 1 fully saturated rings. The predicted molar refractivity (Wildman–Crippen MR) is 68.2 cm³/mol. The second kappa shape index (κ2) is 5.54. The topological polar surface area (TPSA) is 73.1 Å². The fraction of sp³-hybridized carbons (Fsp3) is 0.429. The molecule has 1 aromatic rings. The Bertz CT molecular complexity index is 462. The molecule has 4 nitrogen and oxygen atoms in total. The summed E-state index contributed by atoms with van der Waals surface area (Å²) in [6.45, 7) is 0. The van der Waals surface area contributed by atoms with E-state index in [0.717, 1.165) is 24.9 Å². The average molecular weight is 244 g/mol. The van der Waals surface area contributed by atoms with Crippen molar-refractivity contribution in [3.63, 3.8) is 0 Å². The highest BCUT2D eigenvalue weighted by molar-refractivity contribution is 5.70. The van der Waals surface area contributed by atoms with Gasteiger partial charge < -0.3 is 10.4 Å². The minimum atomic E-state index is -0.693. The number of benzene rings is 1. The van der Waals surface area contributed by atoms with E-state index in [1.54, 1.807) is 12.1 Å². The third-order valence-electron chi connectivity index (χ3n) is 3.41. The summed E-state index contributed by atoms with van der Waals surface area (Å²) in [5, 5.41) is 21.1. The molecule has 1 saturated carbocycles. The third-order valence-corrected chi connectivity index (χ3v) is 3.41. The molecular weight excluding hydrogens is 228 g/mol. The van der Waals surface area contributed by atoms with Crippen molar-refractivity contribution in [1.82, 2.24) is 0 Å². The Labute approximate surface area is 106 Å². The lowest BCUT2D eigenvalue weighted by molar-refractivity contribution is -0.142. The molecule has 2 N–H and O–H groups in total. The summed E-state index contributed by atoms with van der Waals surface area (Å²) in [4.78, 5) is 11.0. The van der Waals surface area contributed by atoms with Crippen molar-refractivity contribution in [3.8, 4) is 6.07 Å². The van der Waals surface area contributed by atoms with E-state index < -0.39 is 5.97 Å². The molecule has 0 spiro atoms. The van der Waals surface area contributed by atoms with Gasteiger partial charge in [-0.25, -0.2) is 0 Å². The number of hydrogen-bond donors (Lipinski definition) is 2. The van der Waals surface area contributed by atoms with E-state index in [1.165, 1.54) is 0 Å². The second-order valence-corrected chi connectivity index (χ2v) is 4.73. The fourth-order valence-electron chi connectivity index (χ4n) is 2.42. The van der Waals surface area contributed by atoms with E-state index in [9.17, 15) is 4.79 Å². The monoisotopic (exact) mass is 244 g/mol.